The molecule has 2 aliphatic rings. The Balaban J connectivity index is 1.39. The third kappa shape index (κ3) is 4.80. The summed E-state index contributed by atoms with van der Waals surface area (Å²) in [7, 11) is 0. The summed E-state index contributed by atoms with van der Waals surface area (Å²) >= 11 is 0. The van der Waals surface area contributed by atoms with Crippen molar-refractivity contribution in [3.63, 3.8) is 0 Å². The predicted molar refractivity (Wildman–Crippen MR) is 120 cm³/mol. The molecule has 1 atom stereocenters. The lowest BCUT2D eigenvalue weighted by Crippen LogP contribution is -2.54. The fourth-order valence-corrected chi connectivity index (χ4v) is 3.91. The second-order valence-electron chi connectivity index (χ2n) is 9.06. The molecule has 2 aromatic rings. The number of fused-ring (bicyclic) bond motifs is 1. The molecule has 0 radical (unpaired) electrons. The molecule has 0 spiro atoms. The van der Waals surface area contributed by atoms with Gasteiger partial charge in [-0.05, 0) is 62.7 Å². The molecule has 0 bridgehead atoms. The normalized spacial score (nSPS) is 18.6. The number of piperazine rings is 1. The van der Waals surface area contributed by atoms with Gasteiger partial charge in [0.1, 0.15) is 17.1 Å². The summed E-state index contributed by atoms with van der Waals surface area (Å²) in [4.78, 5) is 30.6. The van der Waals surface area contributed by atoms with Crippen molar-refractivity contribution in [1.29, 1.82) is 0 Å². The Morgan fingerprint density at radius 3 is 2.22 bits per heavy atom. The Labute approximate surface area is 187 Å². The number of aliphatic hydroxyl groups excluding tert-OH is 1. The van der Waals surface area contributed by atoms with Crippen LogP contribution in [-0.2, 0) is 11.3 Å². The number of hydrogen-bond acceptors (Lipinski definition) is 5. The average molecular weight is 440 g/mol. The van der Waals surface area contributed by atoms with Crippen molar-refractivity contribution >= 4 is 17.8 Å². The zero-order valence-corrected chi connectivity index (χ0v) is 18.7. The number of amides is 3. The Kier molecular flexibility index (Phi) is 5.97. The van der Waals surface area contributed by atoms with Gasteiger partial charge in [-0.15, -0.1) is 0 Å². The summed E-state index contributed by atoms with van der Waals surface area (Å²) in [5.74, 6) is 1.33. The summed E-state index contributed by atoms with van der Waals surface area (Å²) in [6.07, 6.45) is -0.337. The minimum atomic E-state index is -0.545. The van der Waals surface area contributed by atoms with Gasteiger partial charge in [0, 0.05) is 31.9 Å². The molecule has 0 unspecified atom stereocenters. The van der Waals surface area contributed by atoms with E-state index in [4.69, 9.17) is 14.6 Å². The smallest absolute Gasteiger partial charge is 0.410 e. The van der Waals surface area contributed by atoms with E-state index in [0.29, 0.717) is 37.7 Å². The lowest BCUT2D eigenvalue weighted by molar-refractivity contribution is 0.0128. The topological polar surface area (TPSA) is 82.6 Å². The first kappa shape index (κ1) is 22.0. The summed E-state index contributed by atoms with van der Waals surface area (Å²) in [5, 5.41) is 9.14. The molecule has 0 saturated carbocycles. The highest BCUT2D eigenvalue weighted by molar-refractivity contribution is 5.95. The van der Waals surface area contributed by atoms with Crippen molar-refractivity contribution < 1.29 is 24.2 Å². The van der Waals surface area contributed by atoms with Crippen LogP contribution in [0.1, 0.15) is 26.3 Å². The fourth-order valence-electron chi connectivity index (χ4n) is 3.91. The largest absolute Gasteiger partial charge is 0.457 e. The van der Waals surface area contributed by atoms with Crippen LogP contribution < -0.4 is 9.64 Å². The Morgan fingerprint density at radius 2 is 1.62 bits per heavy atom. The highest BCUT2D eigenvalue weighted by Crippen LogP contribution is 2.30. The van der Waals surface area contributed by atoms with Gasteiger partial charge in [0.15, 0.2) is 0 Å². The van der Waals surface area contributed by atoms with Crippen molar-refractivity contribution in [2.75, 3.05) is 31.1 Å². The summed E-state index contributed by atoms with van der Waals surface area (Å²) in [6, 6.07) is 14.5. The fraction of sp³-hybridized carbons (Fsp3) is 0.417. The maximum Gasteiger partial charge on any atom is 0.410 e. The predicted octanol–water partition coefficient (Wildman–Crippen LogP) is 3.83. The Morgan fingerprint density at radius 1 is 1.00 bits per heavy atom. The molecule has 2 saturated heterocycles. The number of urea groups is 1. The molecule has 170 valence electrons. The van der Waals surface area contributed by atoms with Crippen LogP contribution in [-0.4, -0.2) is 64.9 Å². The molecule has 1 N–H and O–H groups in total. The van der Waals surface area contributed by atoms with E-state index in [1.165, 1.54) is 0 Å². The monoisotopic (exact) mass is 439 g/mol. The van der Waals surface area contributed by atoms with Gasteiger partial charge < -0.3 is 24.4 Å². The van der Waals surface area contributed by atoms with E-state index in [-0.39, 0.29) is 24.8 Å². The highest BCUT2D eigenvalue weighted by atomic mass is 16.6. The van der Waals surface area contributed by atoms with Gasteiger partial charge in [-0.25, -0.2) is 9.59 Å². The first-order valence-corrected chi connectivity index (χ1v) is 10.8. The van der Waals surface area contributed by atoms with Gasteiger partial charge >= 0.3 is 12.1 Å². The highest BCUT2D eigenvalue weighted by Gasteiger charge is 2.42. The van der Waals surface area contributed by atoms with Crippen LogP contribution in [0, 0.1) is 0 Å². The van der Waals surface area contributed by atoms with Crippen molar-refractivity contribution in [3.05, 3.63) is 54.1 Å². The van der Waals surface area contributed by atoms with Crippen LogP contribution in [0.3, 0.4) is 0 Å². The molecule has 2 heterocycles. The van der Waals surface area contributed by atoms with E-state index in [2.05, 4.69) is 0 Å². The molecule has 8 heteroatoms. The van der Waals surface area contributed by atoms with Crippen LogP contribution in [0.25, 0.3) is 0 Å². The maximum absolute atomic E-state index is 12.9. The minimum Gasteiger partial charge on any atom is -0.457 e. The minimum absolute atomic E-state index is 0.00755. The molecule has 32 heavy (non-hydrogen) atoms. The third-order valence-electron chi connectivity index (χ3n) is 5.49. The van der Waals surface area contributed by atoms with E-state index in [1.807, 2.05) is 62.1 Å². The van der Waals surface area contributed by atoms with Crippen molar-refractivity contribution in [3.8, 4) is 11.5 Å². The van der Waals surface area contributed by atoms with E-state index in [1.54, 1.807) is 21.9 Å². The van der Waals surface area contributed by atoms with Crippen LogP contribution in [0.5, 0.6) is 11.5 Å². The van der Waals surface area contributed by atoms with Gasteiger partial charge in [0.05, 0.1) is 12.6 Å². The molecule has 0 aromatic heterocycles. The average Bonchev–Trinajstić information content (AvgIpc) is 3.09. The third-order valence-corrected chi connectivity index (χ3v) is 5.49. The summed E-state index contributed by atoms with van der Waals surface area (Å²) in [5.41, 5.74) is 1.06. The van der Waals surface area contributed by atoms with Crippen LogP contribution in [0.4, 0.5) is 15.3 Å². The molecule has 3 amide bonds. The molecule has 0 aliphatic carbocycles. The molecule has 2 aliphatic heterocycles. The molecule has 4 rings (SSSR count). The van der Waals surface area contributed by atoms with Gasteiger partial charge in [0.2, 0.25) is 0 Å². The van der Waals surface area contributed by atoms with Crippen molar-refractivity contribution in [1.82, 2.24) is 9.80 Å². The van der Waals surface area contributed by atoms with Gasteiger partial charge in [-0.2, -0.15) is 0 Å². The summed E-state index contributed by atoms with van der Waals surface area (Å²) in [6.45, 7) is 7.46. The van der Waals surface area contributed by atoms with Gasteiger partial charge in [-0.1, -0.05) is 12.1 Å². The van der Waals surface area contributed by atoms with Crippen LogP contribution in [0.15, 0.2) is 48.5 Å². The first-order valence-electron chi connectivity index (χ1n) is 10.8. The number of rotatable bonds is 4. The molecule has 8 nitrogen and oxygen atoms in total. The zero-order valence-electron chi connectivity index (χ0n) is 18.7. The number of benzene rings is 2. The first-order chi connectivity index (χ1) is 15.2. The molecule has 2 aromatic carbocycles. The van der Waals surface area contributed by atoms with Crippen molar-refractivity contribution in [2.45, 2.75) is 39.0 Å². The van der Waals surface area contributed by atoms with Crippen LogP contribution in [0.2, 0.25) is 0 Å². The SMILES string of the molecule is CC(C)(C)OC(=O)N1CCN2C(=O)N(c3ccc(Oc4ccc(CO)cc4)cc3)C[C@@H]2C1. The Bertz CT molecular complexity index is 969. The quantitative estimate of drug-likeness (QED) is 0.783. The van der Waals surface area contributed by atoms with Crippen molar-refractivity contribution in [2.24, 2.45) is 0 Å². The number of anilines is 1. The van der Waals surface area contributed by atoms with E-state index in [0.717, 1.165) is 11.3 Å². The molecule has 2 fully saturated rings. The number of carbonyl (C=O) groups excluding carboxylic acids is 2. The lowest BCUT2D eigenvalue weighted by atomic mass is 10.2. The number of aliphatic hydroxyl groups is 1. The zero-order chi connectivity index (χ0) is 22.9. The lowest BCUT2D eigenvalue weighted by Gasteiger charge is -2.36. The van der Waals surface area contributed by atoms with E-state index in [9.17, 15) is 9.59 Å². The maximum atomic E-state index is 12.9. The molecular formula is C24H29N3O5. The second kappa shape index (κ2) is 8.70. The number of carbonyl (C=O) groups is 2. The Hall–Kier alpha value is -3.26. The molecular weight excluding hydrogens is 410 g/mol. The number of ether oxygens (including phenoxy) is 2. The number of hydrogen-bond donors (Lipinski definition) is 1. The van der Waals surface area contributed by atoms with Gasteiger partial charge in [-0.3, -0.25) is 4.90 Å². The van der Waals surface area contributed by atoms with E-state index >= 15 is 0 Å². The van der Waals surface area contributed by atoms with Crippen LogP contribution >= 0.6 is 0 Å². The van der Waals surface area contributed by atoms with Gasteiger partial charge in [0.25, 0.3) is 0 Å². The second-order valence-corrected chi connectivity index (χ2v) is 9.06. The van der Waals surface area contributed by atoms with E-state index < -0.39 is 5.60 Å². The standard InChI is InChI=1S/C24H29N3O5/c1-24(2,3)32-23(30)25-12-13-26-19(14-25)15-27(22(26)29)18-6-10-21(11-7-18)31-20-8-4-17(16-28)5-9-20/h4-11,19,28H,12-16H2,1-3H3/t19-/m0/s1. The number of nitrogens with zero attached hydrogens (tertiary/aromatic N) is 3. The summed E-state index contributed by atoms with van der Waals surface area (Å²) < 4.78 is 11.3.